The second kappa shape index (κ2) is 6.79. The molecule has 0 heterocycles. The van der Waals surface area contributed by atoms with Gasteiger partial charge in [-0.05, 0) is 61.9 Å². The molecule has 0 aliphatic carbocycles. The van der Waals surface area contributed by atoms with Gasteiger partial charge in [0.25, 0.3) is 0 Å². The lowest BCUT2D eigenvalue weighted by molar-refractivity contribution is 0.314. The summed E-state index contributed by atoms with van der Waals surface area (Å²) in [5.41, 5.74) is 11.4. The minimum Gasteiger partial charge on any atom is -0.493 e. The maximum absolute atomic E-state index is 6.29. The van der Waals surface area contributed by atoms with E-state index in [0.717, 1.165) is 31.6 Å². The molecule has 0 amide bonds. The van der Waals surface area contributed by atoms with Crippen LogP contribution in [0.5, 0.6) is 5.75 Å². The van der Waals surface area contributed by atoms with Crippen LogP contribution in [-0.4, -0.2) is 6.61 Å². The second-order valence-electron chi connectivity index (χ2n) is 5.10. The topological polar surface area (TPSA) is 35.2 Å². The van der Waals surface area contributed by atoms with Crippen LogP contribution in [0, 0.1) is 20.8 Å². The molecule has 1 aromatic rings. The van der Waals surface area contributed by atoms with Gasteiger partial charge in [-0.25, -0.2) is 0 Å². The molecule has 0 spiro atoms. The number of rotatable bonds is 6. The molecule has 102 valence electrons. The zero-order valence-corrected chi connectivity index (χ0v) is 12.5. The lowest BCUT2D eigenvalue weighted by Crippen LogP contribution is -2.14. The summed E-state index contributed by atoms with van der Waals surface area (Å²) in [4.78, 5) is 0. The normalized spacial score (nSPS) is 12.6. The van der Waals surface area contributed by atoms with Gasteiger partial charge in [0.15, 0.2) is 0 Å². The second-order valence-corrected chi connectivity index (χ2v) is 5.10. The van der Waals surface area contributed by atoms with Crippen LogP contribution in [0.3, 0.4) is 0 Å². The van der Waals surface area contributed by atoms with Crippen molar-refractivity contribution in [3.63, 3.8) is 0 Å². The summed E-state index contributed by atoms with van der Waals surface area (Å²) in [6, 6.07) is 2.29. The Hall–Kier alpha value is -1.02. The van der Waals surface area contributed by atoms with Gasteiger partial charge in [-0.1, -0.05) is 20.3 Å². The largest absolute Gasteiger partial charge is 0.493 e. The molecule has 0 aliphatic rings. The minimum atomic E-state index is 0.147. The highest BCUT2D eigenvalue weighted by Gasteiger charge is 2.16. The first-order valence-electron chi connectivity index (χ1n) is 7.01. The van der Waals surface area contributed by atoms with E-state index >= 15 is 0 Å². The SMILES string of the molecule is CCCOc1cc(C)c(C(N)CCC)c(C)c1C. The van der Waals surface area contributed by atoms with Crippen LogP contribution in [-0.2, 0) is 0 Å². The minimum absolute atomic E-state index is 0.147. The Kier molecular flexibility index (Phi) is 5.67. The van der Waals surface area contributed by atoms with Crippen LogP contribution in [0.2, 0.25) is 0 Å². The Morgan fingerprint density at radius 2 is 1.78 bits per heavy atom. The summed E-state index contributed by atoms with van der Waals surface area (Å²) >= 11 is 0. The van der Waals surface area contributed by atoms with Crippen molar-refractivity contribution < 1.29 is 4.74 Å². The number of hydrogen-bond acceptors (Lipinski definition) is 2. The molecule has 0 fully saturated rings. The van der Waals surface area contributed by atoms with Crippen molar-refractivity contribution in [3.05, 3.63) is 28.3 Å². The lowest BCUT2D eigenvalue weighted by Gasteiger charge is -2.21. The number of aryl methyl sites for hydroxylation is 1. The average molecular weight is 249 g/mol. The van der Waals surface area contributed by atoms with Gasteiger partial charge >= 0.3 is 0 Å². The van der Waals surface area contributed by atoms with Crippen LogP contribution in [0.25, 0.3) is 0 Å². The molecular weight excluding hydrogens is 222 g/mol. The summed E-state index contributed by atoms with van der Waals surface area (Å²) in [5, 5.41) is 0. The van der Waals surface area contributed by atoms with E-state index < -0.39 is 0 Å². The Labute approximate surface area is 112 Å². The average Bonchev–Trinajstić information content (AvgIpc) is 2.32. The standard InChI is InChI=1S/C16H27NO/c1-6-8-14(17)16-11(3)10-15(18-9-7-2)12(4)13(16)5/h10,14H,6-9,17H2,1-5H3. The molecule has 0 bridgehead atoms. The maximum Gasteiger partial charge on any atom is 0.122 e. The Balaban J connectivity index is 3.11. The smallest absolute Gasteiger partial charge is 0.122 e. The van der Waals surface area contributed by atoms with Crippen molar-refractivity contribution in [2.75, 3.05) is 6.61 Å². The van der Waals surface area contributed by atoms with Crippen LogP contribution in [0.1, 0.15) is 61.4 Å². The van der Waals surface area contributed by atoms with Gasteiger partial charge in [0.05, 0.1) is 6.61 Å². The molecule has 1 atom stereocenters. The number of nitrogens with two attached hydrogens (primary N) is 1. The van der Waals surface area contributed by atoms with E-state index in [1.54, 1.807) is 0 Å². The van der Waals surface area contributed by atoms with E-state index in [1.165, 1.54) is 22.3 Å². The van der Waals surface area contributed by atoms with E-state index in [2.05, 4.69) is 40.7 Å². The molecule has 1 aromatic carbocycles. The Morgan fingerprint density at radius 3 is 2.33 bits per heavy atom. The third-order valence-corrected chi connectivity index (χ3v) is 3.54. The van der Waals surface area contributed by atoms with Crippen LogP contribution >= 0.6 is 0 Å². The first kappa shape index (κ1) is 15.0. The zero-order valence-electron chi connectivity index (χ0n) is 12.5. The molecule has 1 unspecified atom stereocenters. The molecule has 0 radical (unpaired) electrons. The third-order valence-electron chi connectivity index (χ3n) is 3.54. The van der Waals surface area contributed by atoms with Crippen molar-refractivity contribution in [1.82, 2.24) is 0 Å². The van der Waals surface area contributed by atoms with Gasteiger partial charge in [-0.3, -0.25) is 0 Å². The van der Waals surface area contributed by atoms with Crippen molar-refractivity contribution in [2.24, 2.45) is 5.73 Å². The van der Waals surface area contributed by atoms with E-state index in [1.807, 2.05) is 0 Å². The predicted molar refractivity (Wildman–Crippen MR) is 78.3 cm³/mol. The predicted octanol–water partition coefficient (Wildman–Crippen LogP) is 4.20. The highest BCUT2D eigenvalue weighted by Crippen LogP contribution is 2.32. The van der Waals surface area contributed by atoms with E-state index in [4.69, 9.17) is 10.5 Å². The van der Waals surface area contributed by atoms with E-state index in [0.29, 0.717) is 0 Å². The van der Waals surface area contributed by atoms with Crippen molar-refractivity contribution in [3.8, 4) is 5.75 Å². The fourth-order valence-corrected chi connectivity index (χ4v) is 2.45. The summed E-state index contributed by atoms with van der Waals surface area (Å²) in [6.45, 7) is 11.5. The van der Waals surface area contributed by atoms with Crippen molar-refractivity contribution in [1.29, 1.82) is 0 Å². The monoisotopic (exact) mass is 249 g/mol. The summed E-state index contributed by atoms with van der Waals surface area (Å²) < 4.78 is 5.80. The van der Waals surface area contributed by atoms with Crippen LogP contribution in [0.4, 0.5) is 0 Å². The highest BCUT2D eigenvalue weighted by atomic mass is 16.5. The maximum atomic E-state index is 6.29. The van der Waals surface area contributed by atoms with Crippen molar-refractivity contribution >= 4 is 0 Å². The molecule has 0 saturated carbocycles. The summed E-state index contributed by atoms with van der Waals surface area (Å²) in [5.74, 6) is 1.01. The fraction of sp³-hybridized carbons (Fsp3) is 0.625. The van der Waals surface area contributed by atoms with Gasteiger partial charge in [0.2, 0.25) is 0 Å². The fourth-order valence-electron chi connectivity index (χ4n) is 2.45. The van der Waals surface area contributed by atoms with Crippen LogP contribution < -0.4 is 10.5 Å². The van der Waals surface area contributed by atoms with Crippen LogP contribution in [0.15, 0.2) is 6.07 Å². The number of ether oxygens (including phenoxy) is 1. The summed E-state index contributed by atoms with van der Waals surface area (Å²) in [6.07, 6.45) is 3.19. The highest BCUT2D eigenvalue weighted by molar-refractivity contribution is 5.49. The number of benzene rings is 1. The Bertz CT molecular complexity index is 399. The van der Waals surface area contributed by atoms with E-state index in [9.17, 15) is 0 Å². The molecule has 0 aliphatic heterocycles. The lowest BCUT2D eigenvalue weighted by atomic mass is 9.90. The first-order chi connectivity index (χ1) is 8.52. The summed E-state index contributed by atoms with van der Waals surface area (Å²) in [7, 11) is 0. The molecule has 18 heavy (non-hydrogen) atoms. The Morgan fingerprint density at radius 1 is 1.11 bits per heavy atom. The van der Waals surface area contributed by atoms with Gasteiger partial charge in [0.1, 0.15) is 5.75 Å². The van der Waals surface area contributed by atoms with Crippen molar-refractivity contribution in [2.45, 2.75) is 59.9 Å². The molecule has 2 N–H and O–H groups in total. The van der Waals surface area contributed by atoms with Gasteiger partial charge < -0.3 is 10.5 Å². The van der Waals surface area contributed by atoms with Gasteiger partial charge in [-0.15, -0.1) is 0 Å². The first-order valence-corrected chi connectivity index (χ1v) is 7.01. The molecule has 1 rings (SSSR count). The van der Waals surface area contributed by atoms with Gasteiger partial charge in [0, 0.05) is 6.04 Å². The zero-order chi connectivity index (χ0) is 13.7. The van der Waals surface area contributed by atoms with Gasteiger partial charge in [-0.2, -0.15) is 0 Å². The molecule has 0 saturated heterocycles. The quantitative estimate of drug-likeness (QED) is 0.820. The molecule has 2 nitrogen and oxygen atoms in total. The molecule has 0 aromatic heterocycles. The van der Waals surface area contributed by atoms with E-state index in [-0.39, 0.29) is 6.04 Å². The molecular formula is C16H27NO. The third kappa shape index (κ3) is 3.26. The number of hydrogen-bond donors (Lipinski definition) is 1. The molecule has 2 heteroatoms.